The third-order valence-electron chi connectivity index (χ3n) is 5.82. The van der Waals surface area contributed by atoms with Crippen LogP contribution in [0, 0.1) is 5.82 Å². The number of nitrogens with zero attached hydrogens (tertiary/aromatic N) is 2. The van der Waals surface area contributed by atoms with Crippen LogP contribution >= 0.6 is 23.2 Å². The van der Waals surface area contributed by atoms with Crippen molar-refractivity contribution in [1.82, 2.24) is 10.2 Å². The van der Waals surface area contributed by atoms with Crippen molar-refractivity contribution in [1.29, 1.82) is 0 Å². The van der Waals surface area contributed by atoms with E-state index in [4.69, 9.17) is 23.2 Å². The van der Waals surface area contributed by atoms with Crippen LogP contribution in [0.3, 0.4) is 0 Å². The van der Waals surface area contributed by atoms with Gasteiger partial charge >= 0.3 is 0 Å². The van der Waals surface area contributed by atoms with Gasteiger partial charge in [-0.05, 0) is 49.7 Å². The fourth-order valence-corrected chi connectivity index (χ4v) is 5.40. The van der Waals surface area contributed by atoms with Crippen molar-refractivity contribution in [3.8, 4) is 0 Å². The quantitative estimate of drug-likeness (QED) is 0.335. The zero-order valence-corrected chi connectivity index (χ0v) is 23.2. The Morgan fingerprint density at radius 2 is 1.63 bits per heavy atom. The van der Waals surface area contributed by atoms with Gasteiger partial charge in [-0.15, -0.1) is 0 Å². The first-order chi connectivity index (χ1) is 18.1. The Balaban J connectivity index is 2.04. The van der Waals surface area contributed by atoms with Gasteiger partial charge in [-0.3, -0.25) is 13.9 Å². The number of carbonyl (C=O) groups excluding carboxylic acids is 2. The molecule has 0 fully saturated rings. The Morgan fingerprint density at radius 3 is 2.26 bits per heavy atom. The SMILES string of the molecule is CCCNC(=O)[C@@H](C)N(Cc1ccccc1F)C(=O)CN(c1ccc(Cl)c(Cl)c1)S(=O)(=O)c1ccccc1. The monoisotopic (exact) mass is 579 g/mol. The van der Waals surface area contributed by atoms with Crippen LogP contribution in [0.2, 0.25) is 10.0 Å². The molecule has 0 aliphatic rings. The molecule has 0 radical (unpaired) electrons. The van der Waals surface area contributed by atoms with Gasteiger partial charge in [0.25, 0.3) is 10.0 Å². The third-order valence-corrected chi connectivity index (χ3v) is 8.34. The molecule has 0 heterocycles. The maximum Gasteiger partial charge on any atom is 0.264 e. The summed E-state index contributed by atoms with van der Waals surface area (Å²) in [5, 5.41) is 3.04. The molecule has 0 aromatic heterocycles. The summed E-state index contributed by atoms with van der Waals surface area (Å²) in [7, 11) is -4.24. The van der Waals surface area contributed by atoms with Crippen LogP contribution < -0.4 is 9.62 Å². The summed E-state index contributed by atoms with van der Waals surface area (Å²) in [6.45, 7) is 2.88. The second-order valence-corrected chi connectivity index (χ2v) is 11.2. The maximum absolute atomic E-state index is 14.5. The molecule has 3 rings (SSSR count). The number of carbonyl (C=O) groups is 2. The van der Waals surface area contributed by atoms with E-state index in [1.807, 2.05) is 6.92 Å². The molecule has 0 aliphatic carbocycles. The summed E-state index contributed by atoms with van der Waals surface area (Å²) in [6, 6.07) is 16.7. The van der Waals surface area contributed by atoms with Gasteiger partial charge in [0.15, 0.2) is 0 Å². The number of hydrogen-bond acceptors (Lipinski definition) is 4. The van der Waals surface area contributed by atoms with Crippen molar-refractivity contribution < 1.29 is 22.4 Å². The molecule has 202 valence electrons. The van der Waals surface area contributed by atoms with Gasteiger partial charge in [0.05, 0.1) is 20.6 Å². The van der Waals surface area contributed by atoms with Crippen LogP contribution in [-0.2, 0) is 26.2 Å². The molecule has 0 saturated carbocycles. The smallest absolute Gasteiger partial charge is 0.264 e. The first kappa shape index (κ1) is 29.4. The zero-order valence-electron chi connectivity index (χ0n) is 20.9. The molecular weight excluding hydrogens is 552 g/mol. The van der Waals surface area contributed by atoms with E-state index < -0.39 is 40.2 Å². The van der Waals surface area contributed by atoms with E-state index in [2.05, 4.69) is 5.32 Å². The number of rotatable bonds is 11. The molecule has 0 spiro atoms. The summed E-state index contributed by atoms with van der Waals surface area (Å²) in [5.41, 5.74) is 0.286. The first-order valence-electron chi connectivity index (χ1n) is 11.9. The fraction of sp³-hybridized carbons (Fsp3) is 0.259. The number of amides is 2. The lowest BCUT2D eigenvalue weighted by Crippen LogP contribution is -2.51. The summed E-state index contributed by atoms with van der Waals surface area (Å²) in [5.74, 6) is -1.70. The summed E-state index contributed by atoms with van der Waals surface area (Å²) < 4.78 is 42.8. The summed E-state index contributed by atoms with van der Waals surface area (Å²) in [4.78, 5) is 27.7. The minimum atomic E-state index is -4.24. The van der Waals surface area contributed by atoms with Crippen molar-refractivity contribution in [2.75, 3.05) is 17.4 Å². The molecule has 3 aromatic rings. The lowest BCUT2D eigenvalue weighted by Gasteiger charge is -2.32. The van der Waals surface area contributed by atoms with Crippen molar-refractivity contribution in [3.05, 3.63) is 94.2 Å². The topological polar surface area (TPSA) is 86.8 Å². The van der Waals surface area contributed by atoms with E-state index in [1.54, 1.807) is 24.3 Å². The number of benzene rings is 3. The van der Waals surface area contributed by atoms with Crippen LogP contribution in [0.4, 0.5) is 10.1 Å². The van der Waals surface area contributed by atoms with Gasteiger partial charge in [-0.1, -0.05) is 66.5 Å². The summed E-state index contributed by atoms with van der Waals surface area (Å²) >= 11 is 12.2. The normalized spacial score (nSPS) is 12.0. The van der Waals surface area contributed by atoms with E-state index >= 15 is 0 Å². The van der Waals surface area contributed by atoms with E-state index in [9.17, 15) is 22.4 Å². The van der Waals surface area contributed by atoms with Crippen LogP contribution in [-0.4, -0.2) is 44.3 Å². The van der Waals surface area contributed by atoms with Crippen LogP contribution in [0.15, 0.2) is 77.7 Å². The molecule has 2 amide bonds. The Kier molecular flexibility index (Phi) is 10.1. The standard InChI is InChI=1S/C27H28Cl2FN3O4S/c1-3-15-31-27(35)19(2)32(17-20-9-7-8-12-25(20)30)26(34)18-33(21-13-14-23(28)24(29)16-21)38(36,37)22-10-5-4-6-11-22/h4-14,16,19H,3,15,17-18H2,1-2H3,(H,31,35)/t19-/m1/s1. The lowest BCUT2D eigenvalue weighted by molar-refractivity contribution is -0.139. The third kappa shape index (κ3) is 7.03. The van der Waals surface area contributed by atoms with Crippen molar-refractivity contribution in [2.24, 2.45) is 0 Å². The molecule has 38 heavy (non-hydrogen) atoms. The van der Waals surface area contributed by atoms with Crippen LogP contribution in [0.1, 0.15) is 25.8 Å². The number of halogens is 3. The van der Waals surface area contributed by atoms with E-state index in [0.29, 0.717) is 13.0 Å². The molecule has 11 heteroatoms. The second kappa shape index (κ2) is 13.1. The van der Waals surface area contributed by atoms with Gasteiger partial charge in [-0.2, -0.15) is 0 Å². The largest absolute Gasteiger partial charge is 0.354 e. The Hall–Kier alpha value is -3.14. The van der Waals surface area contributed by atoms with E-state index in [1.165, 1.54) is 55.5 Å². The average molecular weight is 581 g/mol. The highest BCUT2D eigenvalue weighted by atomic mass is 35.5. The fourth-order valence-electron chi connectivity index (χ4n) is 3.68. The Bertz CT molecular complexity index is 1390. The van der Waals surface area contributed by atoms with Crippen LogP contribution in [0.25, 0.3) is 0 Å². The lowest BCUT2D eigenvalue weighted by atomic mass is 10.1. The van der Waals surface area contributed by atoms with Gasteiger partial charge < -0.3 is 10.2 Å². The molecule has 7 nitrogen and oxygen atoms in total. The molecule has 0 unspecified atom stereocenters. The maximum atomic E-state index is 14.5. The summed E-state index contributed by atoms with van der Waals surface area (Å²) in [6.07, 6.45) is 0.681. The molecule has 0 saturated heterocycles. The highest BCUT2D eigenvalue weighted by Gasteiger charge is 2.33. The molecule has 0 aliphatic heterocycles. The molecule has 0 bridgehead atoms. The van der Waals surface area contributed by atoms with Gasteiger partial charge in [0.1, 0.15) is 18.4 Å². The predicted molar refractivity (Wildman–Crippen MR) is 147 cm³/mol. The molecule has 1 atom stereocenters. The Morgan fingerprint density at radius 1 is 0.974 bits per heavy atom. The molecule has 1 N–H and O–H groups in total. The number of nitrogens with one attached hydrogen (secondary N) is 1. The van der Waals surface area contributed by atoms with Crippen molar-refractivity contribution in [3.63, 3.8) is 0 Å². The van der Waals surface area contributed by atoms with Gasteiger partial charge in [-0.25, -0.2) is 12.8 Å². The van der Waals surface area contributed by atoms with Gasteiger partial charge in [0, 0.05) is 18.7 Å². The van der Waals surface area contributed by atoms with Crippen molar-refractivity contribution in [2.45, 2.75) is 37.8 Å². The predicted octanol–water partition coefficient (Wildman–Crippen LogP) is 5.27. The minimum absolute atomic E-state index is 0.0479. The van der Waals surface area contributed by atoms with E-state index in [-0.39, 0.29) is 32.7 Å². The average Bonchev–Trinajstić information content (AvgIpc) is 2.91. The highest BCUT2D eigenvalue weighted by molar-refractivity contribution is 7.92. The Labute approximate surface area is 232 Å². The van der Waals surface area contributed by atoms with Gasteiger partial charge in [0.2, 0.25) is 11.8 Å². The zero-order chi connectivity index (χ0) is 27.9. The number of anilines is 1. The highest BCUT2D eigenvalue weighted by Crippen LogP contribution is 2.31. The number of sulfonamides is 1. The molecule has 3 aromatic carbocycles. The van der Waals surface area contributed by atoms with E-state index in [0.717, 1.165) is 9.21 Å². The minimum Gasteiger partial charge on any atom is -0.354 e. The van der Waals surface area contributed by atoms with Crippen molar-refractivity contribution >= 4 is 50.7 Å². The molecular formula is C27H28Cl2FN3O4S. The second-order valence-electron chi connectivity index (χ2n) is 8.50. The number of hydrogen-bond donors (Lipinski definition) is 1. The van der Waals surface area contributed by atoms with Crippen LogP contribution in [0.5, 0.6) is 0 Å². The first-order valence-corrected chi connectivity index (χ1v) is 14.1.